The number of urea groups is 1. The van der Waals surface area contributed by atoms with Crippen molar-refractivity contribution in [1.82, 2.24) is 10.2 Å². The van der Waals surface area contributed by atoms with Gasteiger partial charge in [-0.1, -0.05) is 13.8 Å². The number of carboxylic acids is 1. The Morgan fingerprint density at radius 2 is 1.83 bits per heavy atom. The Morgan fingerprint density at radius 1 is 1.28 bits per heavy atom. The number of amides is 2. The SMILES string of the molecule is CCC(CC)(CNC(=O)N1CCSCC1)C(=O)O. The predicted molar refractivity (Wildman–Crippen MR) is 72.9 cm³/mol. The summed E-state index contributed by atoms with van der Waals surface area (Å²) in [7, 11) is 0. The van der Waals surface area contributed by atoms with Gasteiger partial charge in [0.25, 0.3) is 0 Å². The average Bonchev–Trinajstić information content (AvgIpc) is 2.41. The maximum absolute atomic E-state index is 11.9. The molecule has 104 valence electrons. The first-order chi connectivity index (χ1) is 8.55. The van der Waals surface area contributed by atoms with Gasteiger partial charge in [-0.15, -0.1) is 0 Å². The molecule has 5 nitrogen and oxygen atoms in total. The van der Waals surface area contributed by atoms with E-state index < -0.39 is 11.4 Å². The van der Waals surface area contributed by atoms with Gasteiger partial charge in [-0.05, 0) is 12.8 Å². The van der Waals surface area contributed by atoms with Crippen LogP contribution in [-0.2, 0) is 4.79 Å². The first kappa shape index (κ1) is 15.1. The van der Waals surface area contributed by atoms with Crippen LogP contribution < -0.4 is 5.32 Å². The van der Waals surface area contributed by atoms with Gasteiger partial charge < -0.3 is 15.3 Å². The third-order valence-corrected chi connectivity index (χ3v) is 4.63. The van der Waals surface area contributed by atoms with Crippen LogP contribution in [0.15, 0.2) is 0 Å². The normalized spacial score (nSPS) is 16.4. The molecule has 0 aromatic carbocycles. The van der Waals surface area contributed by atoms with Crippen molar-refractivity contribution >= 4 is 23.8 Å². The van der Waals surface area contributed by atoms with Crippen LogP contribution >= 0.6 is 11.8 Å². The molecule has 0 radical (unpaired) electrons. The summed E-state index contributed by atoms with van der Waals surface area (Å²) in [4.78, 5) is 25.0. The molecule has 1 heterocycles. The fraction of sp³-hybridized carbons (Fsp3) is 0.833. The highest BCUT2D eigenvalue weighted by atomic mass is 32.2. The Balaban J connectivity index is 2.51. The molecule has 0 aliphatic carbocycles. The zero-order valence-corrected chi connectivity index (χ0v) is 11.9. The van der Waals surface area contributed by atoms with E-state index in [1.807, 2.05) is 25.6 Å². The summed E-state index contributed by atoms with van der Waals surface area (Å²) >= 11 is 1.84. The molecule has 1 fully saturated rings. The van der Waals surface area contributed by atoms with Gasteiger partial charge in [0.05, 0.1) is 5.41 Å². The van der Waals surface area contributed by atoms with E-state index in [0.29, 0.717) is 12.8 Å². The van der Waals surface area contributed by atoms with Crippen molar-refractivity contribution < 1.29 is 14.7 Å². The average molecular weight is 274 g/mol. The van der Waals surface area contributed by atoms with Crippen molar-refractivity contribution in [2.24, 2.45) is 5.41 Å². The van der Waals surface area contributed by atoms with Crippen LogP contribution in [0, 0.1) is 5.41 Å². The molecule has 0 bridgehead atoms. The van der Waals surface area contributed by atoms with E-state index in [4.69, 9.17) is 0 Å². The van der Waals surface area contributed by atoms with E-state index in [1.165, 1.54) is 0 Å². The molecular weight excluding hydrogens is 252 g/mol. The van der Waals surface area contributed by atoms with Crippen LogP contribution in [-0.4, -0.2) is 53.1 Å². The standard InChI is InChI=1S/C12H22N2O3S/c1-3-12(4-2,10(15)16)9-13-11(17)14-5-7-18-8-6-14/h3-9H2,1-2H3,(H,13,17)(H,15,16). The molecule has 1 saturated heterocycles. The Labute approximate surface area is 112 Å². The molecule has 1 aliphatic rings. The maximum Gasteiger partial charge on any atom is 0.317 e. The number of hydrogen-bond acceptors (Lipinski definition) is 3. The summed E-state index contributed by atoms with van der Waals surface area (Å²) in [6.07, 6.45) is 1.05. The summed E-state index contributed by atoms with van der Waals surface area (Å²) in [5.41, 5.74) is -0.833. The lowest BCUT2D eigenvalue weighted by Crippen LogP contribution is -2.49. The second-order valence-electron chi connectivity index (χ2n) is 4.55. The second kappa shape index (κ2) is 6.87. The smallest absolute Gasteiger partial charge is 0.317 e. The molecule has 0 atom stereocenters. The van der Waals surface area contributed by atoms with Gasteiger partial charge in [-0.25, -0.2) is 4.79 Å². The summed E-state index contributed by atoms with van der Waals surface area (Å²) in [5, 5.41) is 12.1. The molecule has 0 aromatic rings. The molecule has 0 spiro atoms. The number of thioether (sulfide) groups is 1. The van der Waals surface area contributed by atoms with Gasteiger partial charge in [0, 0.05) is 31.1 Å². The van der Waals surface area contributed by atoms with Gasteiger partial charge in [-0.3, -0.25) is 4.79 Å². The van der Waals surface area contributed by atoms with E-state index in [2.05, 4.69) is 5.32 Å². The lowest BCUT2D eigenvalue weighted by Gasteiger charge is -2.30. The van der Waals surface area contributed by atoms with Crippen molar-refractivity contribution in [2.45, 2.75) is 26.7 Å². The van der Waals surface area contributed by atoms with Crippen LogP contribution in [0.1, 0.15) is 26.7 Å². The first-order valence-electron chi connectivity index (χ1n) is 6.39. The maximum atomic E-state index is 11.9. The number of rotatable bonds is 5. The number of nitrogens with zero attached hydrogens (tertiary/aromatic N) is 1. The van der Waals surface area contributed by atoms with E-state index >= 15 is 0 Å². The number of carbonyl (C=O) groups excluding carboxylic acids is 1. The molecule has 2 N–H and O–H groups in total. The highest BCUT2D eigenvalue weighted by Crippen LogP contribution is 2.25. The Kier molecular flexibility index (Phi) is 5.78. The molecule has 0 aromatic heterocycles. The lowest BCUT2D eigenvalue weighted by atomic mass is 9.82. The minimum Gasteiger partial charge on any atom is -0.481 e. The number of carboxylic acid groups (broad SMARTS) is 1. The molecule has 1 aliphatic heterocycles. The van der Waals surface area contributed by atoms with Crippen LogP contribution in [0.2, 0.25) is 0 Å². The Hall–Kier alpha value is -0.910. The summed E-state index contributed by atoms with van der Waals surface area (Å²) in [5.74, 6) is 1.08. The van der Waals surface area contributed by atoms with Gasteiger partial charge in [0.15, 0.2) is 0 Å². The van der Waals surface area contributed by atoms with Gasteiger partial charge >= 0.3 is 12.0 Å². The van der Waals surface area contributed by atoms with E-state index in [-0.39, 0.29) is 12.6 Å². The highest BCUT2D eigenvalue weighted by molar-refractivity contribution is 7.99. The third kappa shape index (κ3) is 3.54. The second-order valence-corrected chi connectivity index (χ2v) is 5.78. The van der Waals surface area contributed by atoms with E-state index in [0.717, 1.165) is 24.6 Å². The van der Waals surface area contributed by atoms with Gasteiger partial charge in [0.1, 0.15) is 0 Å². The number of hydrogen-bond donors (Lipinski definition) is 2. The molecule has 2 amide bonds. The fourth-order valence-corrected chi connectivity index (χ4v) is 2.90. The van der Waals surface area contributed by atoms with Crippen LogP contribution in [0.3, 0.4) is 0 Å². The minimum absolute atomic E-state index is 0.136. The molecular formula is C12H22N2O3S. The molecule has 1 rings (SSSR count). The summed E-state index contributed by atoms with van der Waals surface area (Å²) in [6, 6.07) is -0.136. The topological polar surface area (TPSA) is 69.6 Å². The van der Waals surface area contributed by atoms with Gasteiger partial charge in [0.2, 0.25) is 0 Å². The third-order valence-electron chi connectivity index (χ3n) is 3.68. The van der Waals surface area contributed by atoms with Crippen molar-refractivity contribution in [2.75, 3.05) is 31.1 Å². The monoisotopic (exact) mass is 274 g/mol. The van der Waals surface area contributed by atoms with Crippen LogP contribution in [0.25, 0.3) is 0 Å². The van der Waals surface area contributed by atoms with Gasteiger partial charge in [-0.2, -0.15) is 11.8 Å². The fourth-order valence-electron chi connectivity index (χ4n) is 2.00. The van der Waals surface area contributed by atoms with Crippen LogP contribution in [0.5, 0.6) is 0 Å². The van der Waals surface area contributed by atoms with Crippen molar-refractivity contribution in [1.29, 1.82) is 0 Å². The highest BCUT2D eigenvalue weighted by Gasteiger charge is 2.35. The largest absolute Gasteiger partial charge is 0.481 e. The zero-order chi connectivity index (χ0) is 13.6. The van der Waals surface area contributed by atoms with Crippen LogP contribution in [0.4, 0.5) is 4.79 Å². The molecule has 6 heteroatoms. The van der Waals surface area contributed by atoms with E-state index in [9.17, 15) is 14.7 Å². The minimum atomic E-state index is -0.833. The predicted octanol–water partition coefficient (Wildman–Crippen LogP) is 1.64. The molecule has 0 saturated carbocycles. The van der Waals surface area contributed by atoms with Crippen molar-refractivity contribution in [3.8, 4) is 0 Å². The zero-order valence-electron chi connectivity index (χ0n) is 11.1. The van der Waals surface area contributed by atoms with Crippen molar-refractivity contribution in [3.05, 3.63) is 0 Å². The number of nitrogens with one attached hydrogen (secondary N) is 1. The molecule has 18 heavy (non-hydrogen) atoms. The Bertz CT molecular complexity index is 300. The summed E-state index contributed by atoms with van der Waals surface area (Å²) < 4.78 is 0. The first-order valence-corrected chi connectivity index (χ1v) is 7.55. The summed E-state index contributed by atoms with van der Waals surface area (Å²) in [6.45, 7) is 5.39. The number of aliphatic carboxylic acids is 1. The number of carbonyl (C=O) groups is 2. The van der Waals surface area contributed by atoms with E-state index in [1.54, 1.807) is 4.90 Å². The Morgan fingerprint density at radius 3 is 2.28 bits per heavy atom. The van der Waals surface area contributed by atoms with Crippen molar-refractivity contribution in [3.63, 3.8) is 0 Å². The lowest BCUT2D eigenvalue weighted by molar-refractivity contribution is -0.149. The quantitative estimate of drug-likeness (QED) is 0.799. The molecule has 0 unspecified atom stereocenters.